The second-order valence-corrected chi connectivity index (χ2v) is 5.00. The van der Waals surface area contributed by atoms with Gasteiger partial charge in [0.25, 0.3) is 0 Å². The Morgan fingerprint density at radius 2 is 1.89 bits per heavy atom. The molecular weight excluding hydrogens is 258 g/mol. The summed E-state index contributed by atoms with van der Waals surface area (Å²) < 4.78 is 0. The van der Waals surface area contributed by atoms with Gasteiger partial charge in [0, 0.05) is 17.1 Å². The van der Waals surface area contributed by atoms with Gasteiger partial charge in [0.2, 0.25) is 0 Å². The molecule has 0 spiro atoms. The van der Waals surface area contributed by atoms with Crippen LogP contribution in [0.25, 0.3) is 0 Å². The number of benzene rings is 2. The van der Waals surface area contributed by atoms with Crippen molar-refractivity contribution in [1.29, 1.82) is 0 Å². The molecule has 0 saturated heterocycles. The van der Waals surface area contributed by atoms with Gasteiger partial charge in [-0.2, -0.15) is 0 Å². The standard InChI is InChI=1S/C16H18ClNO/c1-12-5-2-3-6-13(12)9-10-18-11-14-15(17)7-4-8-16(14)19/h2-8,18-19H,9-11H2,1H3. The van der Waals surface area contributed by atoms with Gasteiger partial charge < -0.3 is 10.4 Å². The van der Waals surface area contributed by atoms with Gasteiger partial charge in [-0.15, -0.1) is 0 Å². The number of halogens is 1. The van der Waals surface area contributed by atoms with Crippen molar-refractivity contribution < 1.29 is 5.11 Å². The highest BCUT2D eigenvalue weighted by molar-refractivity contribution is 6.31. The highest BCUT2D eigenvalue weighted by Crippen LogP contribution is 2.24. The predicted molar refractivity (Wildman–Crippen MR) is 79.7 cm³/mol. The first-order chi connectivity index (χ1) is 9.18. The van der Waals surface area contributed by atoms with Crippen molar-refractivity contribution in [3.8, 4) is 5.75 Å². The highest BCUT2D eigenvalue weighted by atomic mass is 35.5. The van der Waals surface area contributed by atoms with Gasteiger partial charge in [0.1, 0.15) is 5.75 Å². The van der Waals surface area contributed by atoms with Crippen LogP contribution in [-0.2, 0) is 13.0 Å². The van der Waals surface area contributed by atoms with Crippen LogP contribution in [0, 0.1) is 6.92 Å². The Morgan fingerprint density at radius 1 is 1.11 bits per heavy atom. The minimum Gasteiger partial charge on any atom is -0.508 e. The number of phenols is 1. The van der Waals surface area contributed by atoms with Crippen LogP contribution in [-0.4, -0.2) is 11.7 Å². The van der Waals surface area contributed by atoms with Gasteiger partial charge in [0.15, 0.2) is 0 Å². The fourth-order valence-corrected chi connectivity index (χ4v) is 2.29. The first kappa shape index (κ1) is 13.9. The zero-order valence-corrected chi connectivity index (χ0v) is 11.7. The van der Waals surface area contributed by atoms with Crippen molar-refractivity contribution in [3.05, 3.63) is 64.2 Å². The van der Waals surface area contributed by atoms with Crippen LogP contribution in [0.2, 0.25) is 5.02 Å². The van der Waals surface area contributed by atoms with Gasteiger partial charge in [-0.05, 0) is 43.1 Å². The molecule has 0 aliphatic heterocycles. The SMILES string of the molecule is Cc1ccccc1CCNCc1c(O)cccc1Cl. The number of hydrogen-bond acceptors (Lipinski definition) is 2. The molecule has 0 aliphatic carbocycles. The molecular formula is C16H18ClNO. The molecule has 100 valence electrons. The minimum absolute atomic E-state index is 0.246. The van der Waals surface area contributed by atoms with E-state index in [0.717, 1.165) is 18.5 Å². The summed E-state index contributed by atoms with van der Waals surface area (Å²) in [5, 5.41) is 13.6. The monoisotopic (exact) mass is 275 g/mol. The number of hydrogen-bond donors (Lipinski definition) is 2. The van der Waals surface area contributed by atoms with E-state index < -0.39 is 0 Å². The van der Waals surface area contributed by atoms with Crippen molar-refractivity contribution in [3.63, 3.8) is 0 Å². The lowest BCUT2D eigenvalue weighted by molar-refractivity contribution is 0.464. The highest BCUT2D eigenvalue weighted by Gasteiger charge is 2.05. The van der Waals surface area contributed by atoms with Gasteiger partial charge in [0.05, 0.1) is 0 Å². The fraction of sp³-hybridized carbons (Fsp3) is 0.250. The smallest absolute Gasteiger partial charge is 0.121 e. The van der Waals surface area contributed by atoms with Crippen LogP contribution >= 0.6 is 11.6 Å². The second kappa shape index (κ2) is 6.60. The number of nitrogens with one attached hydrogen (secondary N) is 1. The third kappa shape index (κ3) is 3.72. The lowest BCUT2D eigenvalue weighted by Gasteiger charge is -2.09. The Labute approximate surface area is 119 Å². The average Bonchev–Trinajstić information content (AvgIpc) is 2.39. The largest absolute Gasteiger partial charge is 0.508 e. The number of phenolic OH excluding ortho intramolecular Hbond substituents is 1. The lowest BCUT2D eigenvalue weighted by atomic mass is 10.1. The zero-order valence-electron chi connectivity index (χ0n) is 11.0. The molecule has 0 aliphatic rings. The molecule has 0 aromatic heterocycles. The Morgan fingerprint density at radius 3 is 2.63 bits per heavy atom. The topological polar surface area (TPSA) is 32.3 Å². The molecule has 0 radical (unpaired) electrons. The van der Waals surface area contributed by atoms with E-state index >= 15 is 0 Å². The maximum Gasteiger partial charge on any atom is 0.121 e. The summed E-state index contributed by atoms with van der Waals surface area (Å²) in [5.41, 5.74) is 3.41. The van der Waals surface area contributed by atoms with Crippen LogP contribution in [0.1, 0.15) is 16.7 Å². The van der Waals surface area contributed by atoms with Crippen molar-refractivity contribution >= 4 is 11.6 Å². The number of aryl methyl sites for hydroxylation is 1. The van der Waals surface area contributed by atoms with E-state index in [1.807, 2.05) is 6.07 Å². The van der Waals surface area contributed by atoms with Crippen LogP contribution < -0.4 is 5.32 Å². The van der Waals surface area contributed by atoms with Crippen molar-refractivity contribution in [1.82, 2.24) is 5.32 Å². The summed E-state index contributed by atoms with van der Waals surface area (Å²) in [5.74, 6) is 0.246. The second-order valence-electron chi connectivity index (χ2n) is 4.59. The quantitative estimate of drug-likeness (QED) is 0.816. The molecule has 19 heavy (non-hydrogen) atoms. The normalized spacial score (nSPS) is 10.6. The maximum absolute atomic E-state index is 9.73. The Hall–Kier alpha value is -1.51. The predicted octanol–water partition coefficient (Wildman–Crippen LogP) is 3.69. The van der Waals surface area contributed by atoms with E-state index in [1.165, 1.54) is 11.1 Å². The summed E-state index contributed by atoms with van der Waals surface area (Å²) in [6, 6.07) is 13.6. The Kier molecular flexibility index (Phi) is 4.83. The van der Waals surface area contributed by atoms with E-state index in [1.54, 1.807) is 18.2 Å². The summed E-state index contributed by atoms with van der Waals surface area (Å²) in [6.07, 6.45) is 0.970. The summed E-state index contributed by atoms with van der Waals surface area (Å²) in [7, 11) is 0. The van der Waals surface area contributed by atoms with Gasteiger partial charge in [-0.25, -0.2) is 0 Å². The lowest BCUT2D eigenvalue weighted by Crippen LogP contribution is -2.17. The van der Waals surface area contributed by atoms with Crippen molar-refractivity contribution in [2.45, 2.75) is 19.9 Å². The molecule has 0 atom stereocenters. The fourth-order valence-electron chi connectivity index (χ4n) is 2.05. The molecule has 2 rings (SSSR count). The molecule has 0 heterocycles. The van der Waals surface area contributed by atoms with Crippen LogP contribution in [0.15, 0.2) is 42.5 Å². The van der Waals surface area contributed by atoms with Crippen molar-refractivity contribution in [2.75, 3.05) is 6.54 Å². The molecule has 3 heteroatoms. The van der Waals surface area contributed by atoms with Crippen molar-refractivity contribution in [2.24, 2.45) is 0 Å². The first-order valence-electron chi connectivity index (χ1n) is 6.40. The third-order valence-electron chi connectivity index (χ3n) is 3.23. The van der Waals surface area contributed by atoms with Crippen LogP contribution in [0.3, 0.4) is 0 Å². The van der Waals surface area contributed by atoms with Crippen LogP contribution in [0.4, 0.5) is 0 Å². The molecule has 0 bridgehead atoms. The van der Waals surface area contributed by atoms with E-state index in [2.05, 4.69) is 30.4 Å². The minimum atomic E-state index is 0.246. The van der Waals surface area contributed by atoms with Gasteiger partial charge in [-0.1, -0.05) is 41.9 Å². The molecule has 0 unspecified atom stereocenters. The molecule has 2 aromatic carbocycles. The van der Waals surface area contributed by atoms with Gasteiger partial charge >= 0.3 is 0 Å². The van der Waals surface area contributed by atoms with E-state index in [-0.39, 0.29) is 5.75 Å². The van der Waals surface area contributed by atoms with Crippen LogP contribution in [0.5, 0.6) is 5.75 Å². The van der Waals surface area contributed by atoms with E-state index in [9.17, 15) is 5.11 Å². The van der Waals surface area contributed by atoms with E-state index in [0.29, 0.717) is 11.6 Å². The van der Waals surface area contributed by atoms with Gasteiger partial charge in [-0.3, -0.25) is 0 Å². The number of aromatic hydroxyl groups is 1. The third-order valence-corrected chi connectivity index (χ3v) is 3.58. The zero-order chi connectivity index (χ0) is 13.7. The molecule has 2 nitrogen and oxygen atoms in total. The first-order valence-corrected chi connectivity index (χ1v) is 6.78. The van der Waals surface area contributed by atoms with E-state index in [4.69, 9.17) is 11.6 Å². The maximum atomic E-state index is 9.73. The molecule has 0 fully saturated rings. The summed E-state index contributed by atoms with van der Waals surface area (Å²) in [6.45, 7) is 3.56. The Balaban J connectivity index is 1.86. The Bertz CT molecular complexity index is 534. The molecule has 2 N–H and O–H groups in total. The molecule has 0 amide bonds. The molecule has 2 aromatic rings. The summed E-state index contributed by atoms with van der Waals surface area (Å²) >= 11 is 6.05. The summed E-state index contributed by atoms with van der Waals surface area (Å²) in [4.78, 5) is 0. The molecule has 0 saturated carbocycles. The number of rotatable bonds is 5. The average molecular weight is 276 g/mol.